The van der Waals surface area contributed by atoms with Crippen molar-refractivity contribution >= 4 is 45.3 Å². The van der Waals surface area contributed by atoms with Crippen LogP contribution < -0.4 is 5.32 Å². The van der Waals surface area contributed by atoms with E-state index in [1.165, 1.54) is 24.5 Å². The molecule has 0 unspecified atom stereocenters. The molecule has 2 heterocycles. The lowest BCUT2D eigenvalue weighted by Gasteiger charge is -2.19. The Morgan fingerprint density at radius 3 is 2.59 bits per heavy atom. The molecule has 0 spiro atoms. The first-order valence-electron chi connectivity index (χ1n) is 7.94. The monoisotopic (exact) mass is 400 g/mol. The summed E-state index contributed by atoms with van der Waals surface area (Å²) in [4.78, 5) is 19.8. The zero-order chi connectivity index (χ0) is 20.0. The van der Waals surface area contributed by atoms with Gasteiger partial charge >= 0.3 is 12.3 Å². The second kappa shape index (κ2) is 6.56. The van der Waals surface area contributed by atoms with Crippen molar-refractivity contribution < 1.29 is 22.7 Å². The maximum atomic E-state index is 13.0. The number of anilines is 1. The van der Waals surface area contributed by atoms with Crippen LogP contribution in [-0.2, 0) is 11.3 Å². The average Bonchev–Trinajstić information content (AvgIpc) is 2.79. The second-order valence-corrected chi connectivity index (χ2v) is 7.28. The fraction of sp³-hybridized carbons (Fsp3) is 0.353. The van der Waals surface area contributed by atoms with Crippen LogP contribution in [0, 0.1) is 0 Å². The van der Waals surface area contributed by atoms with Gasteiger partial charge in [-0.1, -0.05) is 11.6 Å². The number of nitrogens with one attached hydrogen (secondary N) is 1. The van der Waals surface area contributed by atoms with Crippen LogP contribution in [0.25, 0.3) is 21.9 Å². The minimum atomic E-state index is -4.45. The van der Waals surface area contributed by atoms with Crippen LogP contribution in [0.1, 0.15) is 20.8 Å². The molecule has 0 radical (unpaired) electrons. The van der Waals surface area contributed by atoms with Gasteiger partial charge in [-0.15, -0.1) is 0 Å². The summed E-state index contributed by atoms with van der Waals surface area (Å²) >= 11 is 6.03. The summed E-state index contributed by atoms with van der Waals surface area (Å²) in [6, 6.07) is 4.48. The Morgan fingerprint density at radius 1 is 1.26 bits per heavy atom. The smallest absolute Gasteiger partial charge is 0.412 e. The predicted molar refractivity (Wildman–Crippen MR) is 96.0 cm³/mol. The lowest BCUT2D eigenvalue weighted by atomic mass is 10.2. The van der Waals surface area contributed by atoms with Gasteiger partial charge in [0.05, 0.1) is 5.52 Å². The van der Waals surface area contributed by atoms with E-state index in [-0.39, 0.29) is 21.7 Å². The number of nitrogens with zero attached hydrogens (tertiary/aromatic N) is 3. The number of amides is 1. The van der Waals surface area contributed by atoms with Crippen LogP contribution >= 0.6 is 11.6 Å². The fourth-order valence-electron chi connectivity index (χ4n) is 2.72. The van der Waals surface area contributed by atoms with Gasteiger partial charge in [0.2, 0.25) is 0 Å². The second-order valence-electron chi connectivity index (χ2n) is 6.92. The number of carbonyl (C=O) groups excluding carboxylic acids is 1. The quantitative estimate of drug-likeness (QED) is 0.604. The summed E-state index contributed by atoms with van der Waals surface area (Å²) in [5.41, 5.74) is 0.303. The van der Waals surface area contributed by atoms with Gasteiger partial charge in [-0.2, -0.15) is 13.2 Å². The van der Waals surface area contributed by atoms with Crippen molar-refractivity contribution in [3.63, 3.8) is 0 Å². The lowest BCUT2D eigenvalue weighted by Crippen LogP contribution is -2.27. The standard InChI is InChI=1S/C17H16ClF3N4O2/c1-16(2,3)27-15(26)24-9-4-5-11-10(6-9)12-13(14(18)23-8-22-12)25(11)7-17(19,20)21/h4-6,8H,7H2,1-3H3,(H,24,26). The molecule has 0 aliphatic carbocycles. The van der Waals surface area contributed by atoms with Gasteiger partial charge in [-0.05, 0) is 39.0 Å². The summed E-state index contributed by atoms with van der Waals surface area (Å²) in [5.74, 6) is 0. The number of hydrogen-bond donors (Lipinski definition) is 1. The molecule has 1 N–H and O–H groups in total. The molecule has 2 aromatic heterocycles. The van der Waals surface area contributed by atoms with Crippen LogP contribution in [-0.4, -0.2) is 32.4 Å². The molecular formula is C17H16ClF3N4O2. The van der Waals surface area contributed by atoms with E-state index in [2.05, 4.69) is 15.3 Å². The third-order valence-electron chi connectivity index (χ3n) is 3.57. The van der Waals surface area contributed by atoms with E-state index in [0.29, 0.717) is 11.1 Å². The lowest BCUT2D eigenvalue weighted by molar-refractivity contribution is -0.139. The van der Waals surface area contributed by atoms with E-state index in [9.17, 15) is 18.0 Å². The van der Waals surface area contributed by atoms with Crippen molar-refractivity contribution in [1.82, 2.24) is 14.5 Å². The number of rotatable bonds is 2. The zero-order valence-corrected chi connectivity index (χ0v) is 15.4. The number of ether oxygens (including phenoxy) is 1. The summed E-state index contributed by atoms with van der Waals surface area (Å²) < 4.78 is 45.3. The van der Waals surface area contributed by atoms with E-state index in [1.54, 1.807) is 20.8 Å². The normalized spacial score (nSPS) is 12.6. The Hall–Kier alpha value is -2.55. The SMILES string of the molecule is CC(C)(C)OC(=O)Nc1ccc2c(c1)c1ncnc(Cl)c1n2CC(F)(F)F. The molecule has 3 rings (SSSR count). The van der Waals surface area contributed by atoms with E-state index >= 15 is 0 Å². The maximum Gasteiger partial charge on any atom is 0.412 e. The number of alkyl halides is 3. The van der Waals surface area contributed by atoms with Crippen molar-refractivity contribution in [3.8, 4) is 0 Å². The zero-order valence-electron chi connectivity index (χ0n) is 14.7. The average molecular weight is 401 g/mol. The molecular weight excluding hydrogens is 385 g/mol. The number of halogens is 4. The fourth-order valence-corrected chi connectivity index (χ4v) is 2.95. The molecule has 0 saturated heterocycles. The molecule has 0 fully saturated rings. The van der Waals surface area contributed by atoms with Crippen LogP contribution in [0.4, 0.5) is 23.7 Å². The Labute approximate surface area is 157 Å². The van der Waals surface area contributed by atoms with Crippen LogP contribution in [0.15, 0.2) is 24.5 Å². The van der Waals surface area contributed by atoms with Crippen LogP contribution in [0.5, 0.6) is 0 Å². The Bertz CT molecular complexity index is 1020. The third kappa shape index (κ3) is 4.24. The highest BCUT2D eigenvalue weighted by atomic mass is 35.5. The molecule has 0 aliphatic rings. The molecule has 27 heavy (non-hydrogen) atoms. The van der Waals surface area contributed by atoms with E-state index < -0.39 is 24.4 Å². The summed E-state index contributed by atoms with van der Waals surface area (Å²) in [6.07, 6.45) is -3.95. The third-order valence-corrected chi connectivity index (χ3v) is 3.85. The number of benzene rings is 1. The van der Waals surface area contributed by atoms with Gasteiger partial charge < -0.3 is 9.30 Å². The van der Waals surface area contributed by atoms with E-state index in [1.807, 2.05) is 0 Å². The van der Waals surface area contributed by atoms with Gasteiger partial charge in [-0.3, -0.25) is 5.32 Å². The Balaban J connectivity index is 2.10. The first-order valence-corrected chi connectivity index (χ1v) is 8.31. The minimum Gasteiger partial charge on any atom is -0.444 e. The highest BCUT2D eigenvalue weighted by Crippen LogP contribution is 2.34. The van der Waals surface area contributed by atoms with Crippen molar-refractivity contribution in [1.29, 1.82) is 0 Å². The summed E-state index contributed by atoms with van der Waals surface area (Å²) in [5, 5.41) is 2.89. The first kappa shape index (κ1) is 19.2. The van der Waals surface area contributed by atoms with E-state index in [4.69, 9.17) is 16.3 Å². The summed E-state index contributed by atoms with van der Waals surface area (Å²) in [7, 11) is 0. The first-order chi connectivity index (χ1) is 12.4. The van der Waals surface area contributed by atoms with Crippen LogP contribution in [0.3, 0.4) is 0 Å². The van der Waals surface area contributed by atoms with Gasteiger partial charge in [0.15, 0.2) is 5.15 Å². The van der Waals surface area contributed by atoms with Crippen LogP contribution in [0.2, 0.25) is 5.15 Å². The van der Waals surface area contributed by atoms with Crippen molar-refractivity contribution in [2.75, 3.05) is 5.32 Å². The highest BCUT2D eigenvalue weighted by molar-refractivity contribution is 6.34. The molecule has 144 valence electrons. The maximum absolute atomic E-state index is 13.0. The van der Waals surface area contributed by atoms with Crippen molar-refractivity contribution in [2.45, 2.75) is 39.1 Å². The van der Waals surface area contributed by atoms with Crippen molar-refractivity contribution in [2.24, 2.45) is 0 Å². The molecule has 0 saturated carbocycles. The van der Waals surface area contributed by atoms with E-state index in [0.717, 1.165) is 4.57 Å². The highest BCUT2D eigenvalue weighted by Gasteiger charge is 2.31. The number of hydrogen-bond acceptors (Lipinski definition) is 4. The van der Waals surface area contributed by atoms with Gasteiger partial charge in [-0.25, -0.2) is 14.8 Å². The topological polar surface area (TPSA) is 69.0 Å². The number of carbonyl (C=O) groups is 1. The molecule has 1 amide bonds. The van der Waals surface area contributed by atoms with Gasteiger partial charge in [0.1, 0.15) is 29.5 Å². The molecule has 10 heteroatoms. The molecule has 6 nitrogen and oxygen atoms in total. The number of fused-ring (bicyclic) bond motifs is 3. The minimum absolute atomic E-state index is 0.0814. The van der Waals surface area contributed by atoms with Gasteiger partial charge in [0, 0.05) is 11.1 Å². The molecule has 0 atom stereocenters. The number of aromatic nitrogens is 3. The Kier molecular flexibility index (Phi) is 4.67. The van der Waals surface area contributed by atoms with Gasteiger partial charge in [0.25, 0.3) is 0 Å². The largest absolute Gasteiger partial charge is 0.444 e. The summed E-state index contributed by atoms with van der Waals surface area (Å²) in [6.45, 7) is 3.93. The molecule has 3 aromatic rings. The Morgan fingerprint density at radius 2 is 1.96 bits per heavy atom. The predicted octanol–water partition coefficient (Wildman–Crippen LogP) is 5.15. The molecule has 1 aromatic carbocycles. The molecule has 0 bridgehead atoms. The molecule has 0 aliphatic heterocycles. The van der Waals surface area contributed by atoms with Crippen molar-refractivity contribution in [3.05, 3.63) is 29.7 Å².